The van der Waals surface area contributed by atoms with E-state index in [9.17, 15) is 0 Å². The summed E-state index contributed by atoms with van der Waals surface area (Å²) in [6, 6.07) is 2.16. The van der Waals surface area contributed by atoms with Crippen molar-refractivity contribution in [3.8, 4) is 6.07 Å². The number of nitrogens with zero attached hydrogens (tertiary/aromatic N) is 4. The molecule has 0 fully saturated rings. The maximum absolute atomic E-state index is 8.68. The minimum atomic E-state index is 0.499. The van der Waals surface area contributed by atoms with Gasteiger partial charge in [-0.05, 0) is 13.3 Å². The Morgan fingerprint density at radius 2 is 2.05 bits per heavy atom. The van der Waals surface area contributed by atoms with Crippen LogP contribution in [0.3, 0.4) is 0 Å². The molecule has 5 heteroatoms. The molecule has 19 heavy (non-hydrogen) atoms. The lowest BCUT2D eigenvalue weighted by Gasteiger charge is -2.21. The fraction of sp³-hybridized carbons (Fsp3) is 0.643. The Hall–Kier alpha value is -1.83. The van der Waals surface area contributed by atoms with E-state index in [4.69, 9.17) is 5.26 Å². The molecule has 1 N–H and O–H groups in total. The van der Waals surface area contributed by atoms with Gasteiger partial charge in [-0.15, -0.1) is 0 Å². The van der Waals surface area contributed by atoms with Gasteiger partial charge in [0.2, 0.25) is 0 Å². The molecule has 0 aromatic carbocycles. The number of rotatable bonds is 7. The van der Waals surface area contributed by atoms with Gasteiger partial charge >= 0.3 is 0 Å². The van der Waals surface area contributed by atoms with Crippen LogP contribution in [0.2, 0.25) is 0 Å². The van der Waals surface area contributed by atoms with E-state index in [1.54, 1.807) is 0 Å². The number of aromatic nitrogens is 2. The molecule has 0 unspecified atom stereocenters. The monoisotopic (exact) mass is 261 g/mol. The van der Waals surface area contributed by atoms with Gasteiger partial charge in [-0.2, -0.15) is 5.26 Å². The van der Waals surface area contributed by atoms with Crippen LogP contribution in [0.15, 0.2) is 0 Å². The Bertz CT molecular complexity index is 450. The van der Waals surface area contributed by atoms with Crippen LogP contribution >= 0.6 is 0 Å². The summed E-state index contributed by atoms with van der Waals surface area (Å²) >= 11 is 0. The van der Waals surface area contributed by atoms with Crippen molar-refractivity contribution in [2.45, 2.75) is 40.0 Å². The van der Waals surface area contributed by atoms with Crippen LogP contribution in [-0.4, -0.2) is 30.1 Å². The second kappa shape index (κ2) is 7.57. The summed E-state index contributed by atoms with van der Waals surface area (Å²) < 4.78 is 0. The lowest BCUT2D eigenvalue weighted by atomic mass is 10.2. The van der Waals surface area contributed by atoms with Crippen molar-refractivity contribution < 1.29 is 0 Å². The van der Waals surface area contributed by atoms with E-state index in [0.717, 1.165) is 42.4 Å². The normalized spacial score (nSPS) is 10.1. The summed E-state index contributed by atoms with van der Waals surface area (Å²) in [5.74, 6) is 2.66. The molecule has 0 aliphatic rings. The molecule has 0 aliphatic carbocycles. The lowest BCUT2D eigenvalue weighted by molar-refractivity contribution is 0.841. The molecule has 0 spiro atoms. The van der Waals surface area contributed by atoms with E-state index in [1.165, 1.54) is 0 Å². The van der Waals surface area contributed by atoms with Crippen molar-refractivity contribution in [1.82, 2.24) is 9.97 Å². The summed E-state index contributed by atoms with van der Waals surface area (Å²) in [7, 11) is 1.97. The molecule has 104 valence electrons. The van der Waals surface area contributed by atoms with Gasteiger partial charge in [0.05, 0.1) is 12.5 Å². The Morgan fingerprint density at radius 3 is 2.63 bits per heavy atom. The summed E-state index contributed by atoms with van der Waals surface area (Å²) in [5.41, 5.74) is 1.05. The minimum absolute atomic E-state index is 0.499. The average Bonchev–Trinajstić information content (AvgIpc) is 2.43. The molecule has 0 amide bonds. The molecule has 1 aromatic rings. The van der Waals surface area contributed by atoms with E-state index in [1.807, 2.05) is 25.8 Å². The zero-order chi connectivity index (χ0) is 14.3. The highest BCUT2D eigenvalue weighted by Crippen LogP contribution is 2.23. The zero-order valence-corrected chi connectivity index (χ0v) is 12.3. The first-order valence-corrected chi connectivity index (χ1v) is 6.83. The number of nitrogens with one attached hydrogen (secondary N) is 1. The molecule has 1 aromatic heterocycles. The zero-order valence-electron chi connectivity index (χ0n) is 12.3. The second-order valence-corrected chi connectivity index (χ2v) is 4.55. The first-order chi connectivity index (χ1) is 9.13. The summed E-state index contributed by atoms with van der Waals surface area (Å²) in [6.45, 7) is 7.79. The third-order valence-corrected chi connectivity index (χ3v) is 2.95. The Balaban J connectivity index is 3.04. The fourth-order valence-electron chi connectivity index (χ4n) is 1.82. The molecule has 0 saturated carbocycles. The van der Waals surface area contributed by atoms with Gasteiger partial charge in [-0.3, -0.25) is 0 Å². The van der Waals surface area contributed by atoms with E-state index in [2.05, 4.69) is 28.3 Å². The highest BCUT2D eigenvalue weighted by molar-refractivity contribution is 5.58. The maximum atomic E-state index is 8.68. The quantitative estimate of drug-likeness (QED) is 0.817. The standard InChI is InChI=1S/C14H23N5/c1-5-9-16-13-11(3)14(18-12(6-2)17-13)19(4)10-7-8-15/h5-7,9-10H2,1-4H3,(H,16,17,18). The van der Waals surface area contributed by atoms with Crippen LogP contribution in [0.1, 0.15) is 38.1 Å². The van der Waals surface area contributed by atoms with Crippen molar-refractivity contribution in [3.63, 3.8) is 0 Å². The van der Waals surface area contributed by atoms with Gasteiger partial charge in [0, 0.05) is 32.1 Å². The molecule has 5 nitrogen and oxygen atoms in total. The fourth-order valence-corrected chi connectivity index (χ4v) is 1.82. The topological polar surface area (TPSA) is 64.8 Å². The lowest BCUT2D eigenvalue weighted by Crippen LogP contribution is -2.22. The van der Waals surface area contributed by atoms with Crippen LogP contribution in [-0.2, 0) is 6.42 Å². The Kier molecular flexibility index (Phi) is 6.07. The largest absolute Gasteiger partial charge is 0.370 e. The Labute approximate surface area is 115 Å². The molecular weight excluding hydrogens is 238 g/mol. The molecule has 0 atom stereocenters. The minimum Gasteiger partial charge on any atom is -0.370 e. The van der Waals surface area contributed by atoms with Crippen LogP contribution in [0, 0.1) is 18.3 Å². The SMILES string of the molecule is CCCNc1nc(CC)nc(N(C)CCC#N)c1C. The van der Waals surface area contributed by atoms with Crippen LogP contribution in [0.5, 0.6) is 0 Å². The van der Waals surface area contributed by atoms with Crippen LogP contribution < -0.4 is 10.2 Å². The van der Waals surface area contributed by atoms with E-state index >= 15 is 0 Å². The third kappa shape index (κ3) is 4.09. The smallest absolute Gasteiger partial charge is 0.137 e. The maximum Gasteiger partial charge on any atom is 0.137 e. The summed E-state index contributed by atoms with van der Waals surface area (Å²) in [5, 5.41) is 12.0. The predicted molar refractivity (Wildman–Crippen MR) is 78.4 cm³/mol. The number of hydrogen-bond acceptors (Lipinski definition) is 5. The summed E-state index contributed by atoms with van der Waals surface area (Å²) in [6.07, 6.45) is 2.36. The molecule has 0 radical (unpaired) electrons. The van der Waals surface area contributed by atoms with Crippen molar-refractivity contribution in [3.05, 3.63) is 11.4 Å². The molecule has 0 bridgehead atoms. The number of hydrogen-bond donors (Lipinski definition) is 1. The van der Waals surface area contributed by atoms with E-state index in [-0.39, 0.29) is 0 Å². The van der Waals surface area contributed by atoms with Gasteiger partial charge in [0.25, 0.3) is 0 Å². The molecular formula is C14H23N5. The predicted octanol–water partition coefficient (Wildman–Crippen LogP) is 2.52. The van der Waals surface area contributed by atoms with Crippen molar-refractivity contribution in [2.75, 3.05) is 30.4 Å². The molecule has 1 heterocycles. The van der Waals surface area contributed by atoms with Crippen molar-refractivity contribution >= 4 is 11.6 Å². The van der Waals surface area contributed by atoms with Crippen LogP contribution in [0.25, 0.3) is 0 Å². The van der Waals surface area contributed by atoms with Gasteiger partial charge in [-0.1, -0.05) is 13.8 Å². The number of nitriles is 1. The van der Waals surface area contributed by atoms with Gasteiger partial charge in [0.1, 0.15) is 17.5 Å². The number of aryl methyl sites for hydroxylation is 1. The van der Waals surface area contributed by atoms with E-state index in [0.29, 0.717) is 13.0 Å². The van der Waals surface area contributed by atoms with Crippen molar-refractivity contribution in [2.24, 2.45) is 0 Å². The molecule has 0 aliphatic heterocycles. The third-order valence-electron chi connectivity index (χ3n) is 2.95. The number of anilines is 2. The first kappa shape index (κ1) is 15.2. The van der Waals surface area contributed by atoms with Crippen LogP contribution in [0.4, 0.5) is 11.6 Å². The molecule has 0 saturated heterocycles. The Morgan fingerprint density at radius 1 is 1.32 bits per heavy atom. The van der Waals surface area contributed by atoms with Gasteiger partial charge < -0.3 is 10.2 Å². The van der Waals surface area contributed by atoms with Gasteiger partial charge in [0.15, 0.2) is 0 Å². The highest BCUT2D eigenvalue weighted by Gasteiger charge is 2.13. The van der Waals surface area contributed by atoms with E-state index < -0.39 is 0 Å². The average molecular weight is 261 g/mol. The first-order valence-electron chi connectivity index (χ1n) is 6.83. The highest BCUT2D eigenvalue weighted by atomic mass is 15.2. The second-order valence-electron chi connectivity index (χ2n) is 4.55. The molecule has 1 rings (SSSR count). The van der Waals surface area contributed by atoms with Gasteiger partial charge in [-0.25, -0.2) is 9.97 Å². The summed E-state index contributed by atoms with van der Waals surface area (Å²) in [4.78, 5) is 11.1. The van der Waals surface area contributed by atoms with Crippen molar-refractivity contribution in [1.29, 1.82) is 5.26 Å².